The number of ketones is 1. The standard InChI is InChI=1S/C26H26N4O2/c1-16(2)17-11-13-18(14-12-17)23-20(15-27)25(28)30(21-9-6-10-22(31)24(21)23)29-26(32)19-7-4-3-5-8-19/h3-5,7-8,11-14,16,23H,6,9-10,28H2,1-2H3,(H,29,32). The van der Waals surface area contributed by atoms with Gasteiger partial charge in [-0.3, -0.25) is 15.0 Å². The number of nitrogens with one attached hydrogen (secondary N) is 1. The Bertz CT molecular complexity index is 1150. The molecule has 6 nitrogen and oxygen atoms in total. The van der Waals surface area contributed by atoms with Crippen molar-refractivity contribution in [3.63, 3.8) is 0 Å². The number of nitrogens with two attached hydrogens (primary N) is 1. The number of benzene rings is 2. The van der Waals surface area contributed by atoms with Gasteiger partial charge in [-0.25, -0.2) is 5.01 Å². The Balaban J connectivity index is 1.79. The number of allylic oxidation sites excluding steroid dienone is 3. The maximum Gasteiger partial charge on any atom is 0.270 e. The first-order valence-corrected chi connectivity index (χ1v) is 10.8. The summed E-state index contributed by atoms with van der Waals surface area (Å²) in [5.41, 5.74) is 13.2. The van der Waals surface area contributed by atoms with E-state index in [9.17, 15) is 14.9 Å². The van der Waals surface area contributed by atoms with E-state index in [4.69, 9.17) is 5.73 Å². The first kappa shape index (κ1) is 21.4. The van der Waals surface area contributed by atoms with Crippen molar-refractivity contribution in [3.05, 3.63) is 94.0 Å². The number of nitrogens with zero attached hydrogens (tertiary/aromatic N) is 2. The highest BCUT2D eigenvalue weighted by Crippen LogP contribution is 2.44. The highest BCUT2D eigenvalue weighted by atomic mass is 16.2. The normalized spacial score (nSPS) is 18.5. The second-order valence-corrected chi connectivity index (χ2v) is 8.44. The molecule has 6 heteroatoms. The molecule has 3 N–H and O–H groups in total. The summed E-state index contributed by atoms with van der Waals surface area (Å²) >= 11 is 0. The van der Waals surface area contributed by atoms with E-state index in [-0.39, 0.29) is 23.1 Å². The number of rotatable bonds is 4. The zero-order valence-electron chi connectivity index (χ0n) is 18.3. The molecule has 2 aromatic carbocycles. The minimum absolute atomic E-state index is 0.0107. The third kappa shape index (κ3) is 3.78. The molecular formula is C26H26N4O2. The van der Waals surface area contributed by atoms with Crippen LogP contribution < -0.4 is 11.2 Å². The molecule has 1 aliphatic heterocycles. The van der Waals surface area contributed by atoms with Crippen molar-refractivity contribution in [2.45, 2.75) is 44.9 Å². The quantitative estimate of drug-likeness (QED) is 0.761. The van der Waals surface area contributed by atoms with Crippen molar-refractivity contribution in [2.75, 3.05) is 0 Å². The molecule has 0 fully saturated rings. The lowest BCUT2D eigenvalue weighted by atomic mass is 9.76. The Morgan fingerprint density at radius 2 is 1.81 bits per heavy atom. The van der Waals surface area contributed by atoms with Crippen LogP contribution in [0.3, 0.4) is 0 Å². The number of nitriles is 1. The molecule has 2 aromatic rings. The van der Waals surface area contributed by atoms with E-state index in [1.165, 1.54) is 10.6 Å². The number of Topliss-reactive ketones (excluding diaryl/α,β-unsaturated/α-hetero) is 1. The van der Waals surface area contributed by atoms with Gasteiger partial charge in [0.25, 0.3) is 5.91 Å². The number of hydrazine groups is 1. The van der Waals surface area contributed by atoms with Gasteiger partial charge in [0.05, 0.1) is 17.6 Å². The Hall–Kier alpha value is -3.85. The summed E-state index contributed by atoms with van der Waals surface area (Å²) in [6.07, 6.45) is 1.68. The second-order valence-electron chi connectivity index (χ2n) is 8.44. The third-order valence-electron chi connectivity index (χ3n) is 6.10. The van der Waals surface area contributed by atoms with Gasteiger partial charge in [-0.05, 0) is 42.0 Å². The third-order valence-corrected chi connectivity index (χ3v) is 6.10. The topological polar surface area (TPSA) is 99.2 Å². The monoisotopic (exact) mass is 426 g/mol. The lowest BCUT2D eigenvalue weighted by Crippen LogP contribution is -2.48. The molecule has 1 heterocycles. The summed E-state index contributed by atoms with van der Waals surface area (Å²) < 4.78 is 0. The van der Waals surface area contributed by atoms with Gasteiger partial charge >= 0.3 is 0 Å². The van der Waals surface area contributed by atoms with Crippen LogP contribution in [0.2, 0.25) is 0 Å². The Kier molecular flexibility index (Phi) is 5.83. The van der Waals surface area contributed by atoms with Crippen LogP contribution in [0.25, 0.3) is 0 Å². The van der Waals surface area contributed by atoms with Gasteiger partial charge in [-0.15, -0.1) is 0 Å². The first-order valence-electron chi connectivity index (χ1n) is 10.8. The molecule has 0 saturated heterocycles. The largest absolute Gasteiger partial charge is 0.383 e. The Morgan fingerprint density at radius 1 is 1.12 bits per heavy atom. The molecule has 0 aromatic heterocycles. The molecule has 32 heavy (non-hydrogen) atoms. The van der Waals surface area contributed by atoms with Crippen molar-refractivity contribution < 1.29 is 9.59 Å². The van der Waals surface area contributed by atoms with Gasteiger partial charge in [-0.1, -0.05) is 56.3 Å². The second kappa shape index (κ2) is 8.72. The Morgan fingerprint density at radius 3 is 2.44 bits per heavy atom. The summed E-state index contributed by atoms with van der Waals surface area (Å²) in [5.74, 6) is -0.364. The van der Waals surface area contributed by atoms with Crippen LogP contribution in [0.15, 0.2) is 77.3 Å². The fourth-order valence-corrected chi connectivity index (χ4v) is 4.38. The van der Waals surface area contributed by atoms with Crippen LogP contribution in [0, 0.1) is 11.3 Å². The van der Waals surface area contributed by atoms with Gasteiger partial charge in [0.1, 0.15) is 5.82 Å². The SMILES string of the molecule is CC(C)c1ccc(C2C(C#N)=C(N)N(NC(=O)c3ccccc3)C3=C2C(=O)CCC3)cc1. The van der Waals surface area contributed by atoms with Gasteiger partial charge < -0.3 is 5.73 Å². The summed E-state index contributed by atoms with van der Waals surface area (Å²) in [4.78, 5) is 25.9. The van der Waals surface area contributed by atoms with Crippen LogP contribution >= 0.6 is 0 Å². The average Bonchev–Trinajstić information content (AvgIpc) is 2.81. The highest BCUT2D eigenvalue weighted by molar-refractivity contribution is 6.00. The van der Waals surface area contributed by atoms with Crippen LogP contribution in [0.4, 0.5) is 0 Å². The van der Waals surface area contributed by atoms with Crippen molar-refractivity contribution in [1.29, 1.82) is 5.26 Å². The summed E-state index contributed by atoms with van der Waals surface area (Å²) in [7, 11) is 0. The predicted octanol–water partition coefficient (Wildman–Crippen LogP) is 4.26. The van der Waals surface area contributed by atoms with Gasteiger partial charge in [-0.2, -0.15) is 5.26 Å². The van der Waals surface area contributed by atoms with E-state index in [0.29, 0.717) is 42.0 Å². The van der Waals surface area contributed by atoms with Crippen LogP contribution in [-0.2, 0) is 4.79 Å². The zero-order chi connectivity index (χ0) is 22.8. The lowest BCUT2D eigenvalue weighted by molar-refractivity contribution is -0.116. The van der Waals surface area contributed by atoms with Gasteiger partial charge in [0.15, 0.2) is 5.78 Å². The predicted molar refractivity (Wildman–Crippen MR) is 122 cm³/mol. The van der Waals surface area contributed by atoms with Crippen molar-refractivity contribution in [3.8, 4) is 6.07 Å². The molecule has 0 bridgehead atoms. The van der Waals surface area contributed by atoms with Gasteiger partial charge in [0, 0.05) is 23.3 Å². The van der Waals surface area contributed by atoms with E-state index < -0.39 is 5.92 Å². The van der Waals surface area contributed by atoms with Crippen molar-refractivity contribution in [2.24, 2.45) is 5.73 Å². The van der Waals surface area contributed by atoms with Crippen LogP contribution in [0.1, 0.15) is 66.4 Å². The number of amides is 1. The van der Waals surface area contributed by atoms with Crippen molar-refractivity contribution >= 4 is 11.7 Å². The molecule has 1 atom stereocenters. The van der Waals surface area contributed by atoms with Crippen molar-refractivity contribution in [1.82, 2.24) is 10.4 Å². The fraction of sp³-hybridized carbons (Fsp3) is 0.269. The number of carbonyl (C=O) groups is 2. The Labute approximate surface area is 188 Å². The fourth-order valence-electron chi connectivity index (χ4n) is 4.38. The molecule has 1 aliphatic carbocycles. The molecule has 162 valence electrons. The highest BCUT2D eigenvalue weighted by Gasteiger charge is 2.40. The molecule has 2 aliphatic rings. The van der Waals surface area contributed by atoms with E-state index >= 15 is 0 Å². The molecular weight excluding hydrogens is 400 g/mol. The van der Waals surface area contributed by atoms with E-state index in [1.54, 1.807) is 24.3 Å². The lowest BCUT2D eigenvalue weighted by Gasteiger charge is -2.39. The van der Waals surface area contributed by atoms with E-state index in [1.807, 2.05) is 30.3 Å². The summed E-state index contributed by atoms with van der Waals surface area (Å²) in [6, 6.07) is 19.0. The van der Waals surface area contributed by atoms with Crippen LogP contribution in [0.5, 0.6) is 0 Å². The maximum atomic E-state index is 13.1. The number of carbonyl (C=O) groups excluding carboxylic acids is 2. The molecule has 1 unspecified atom stereocenters. The number of hydrogen-bond acceptors (Lipinski definition) is 5. The number of hydrogen-bond donors (Lipinski definition) is 2. The molecule has 0 saturated carbocycles. The maximum absolute atomic E-state index is 13.1. The summed E-state index contributed by atoms with van der Waals surface area (Å²) in [5, 5.41) is 11.5. The molecule has 1 amide bonds. The first-order chi connectivity index (χ1) is 15.4. The van der Waals surface area contributed by atoms with E-state index in [2.05, 4.69) is 25.3 Å². The van der Waals surface area contributed by atoms with Gasteiger partial charge in [0.2, 0.25) is 0 Å². The van der Waals surface area contributed by atoms with E-state index in [0.717, 1.165) is 5.56 Å². The smallest absolute Gasteiger partial charge is 0.270 e. The minimum atomic E-state index is -0.533. The average molecular weight is 427 g/mol. The zero-order valence-corrected chi connectivity index (χ0v) is 18.3. The van der Waals surface area contributed by atoms with Crippen LogP contribution in [-0.4, -0.2) is 16.7 Å². The summed E-state index contributed by atoms with van der Waals surface area (Å²) in [6.45, 7) is 4.24. The minimum Gasteiger partial charge on any atom is -0.383 e. The molecule has 0 radical (unpaired) electrons. The molecule has 4 rings (SSSR count). The molecule has 0 spiro atoms.